The van der Waals surface area contributed by atoms with Crippen LogP contribution < -0.4 is 5.32 Å². The van der Waals surface area contributed by atoms with Crippen LogP contribution in [0.15, 0.2) is 24.3 Å². The number of carboxylic acids is 1. The van der Waals surface area contributed by atoms with Gasteiger partial charge in [0.05, 0.1) is 17.6 Å². The molecule has 2 heterocycles. The van der Waals surface area contributed by atoms with Crippen LogP contribution in [0.4, 0.5) is 10.5 Å². The van der Waals surface area contributed by atoms with Crippen molar-refractivity contribution in [1.82, 2.24) is 25.1 Å². The summed E-state index contributed by atoms with van der Waals surface area (Å²) in [5.74, 6) is -0.810. The normalized spacial score (nSPS) is 17.3. The molecule has 1 saturated heterocycles. The molecule has 0 bridgehead atoms. The SMILES string of the molecule is CC(C)n1nnnc1-c1ccccc1NC(=O)N1CCCC(C(=O)O)C1. The molecule has 3 rings (SSSR count). The summed E-state index contributed by atoms with van der Waals surface area (Å²) in [7, 11) is 0. The summed E-state index contributed by atoms with van der Waals surface area (Å²) in [6.45, 7) is 4.70. The number of aliphatic carboxylic acids is 1. The molecule has 0 spiro atoms. The van der Waals surface area contributed by atoms with Crippen LogP contribution in [-0.4, -0.2) is 55.3 Å². The van der Waals surface area contributed by atoms with Crippen molar-refractivity contribution in [2.24, 2.45) is 5.92 Å². The van der Waals surface area contributed by atoms with E-state index in [1.54, 1.807) is 15.6 Å². The van der Waals surface area contributed by atoms with Gasteiger partial charge in [-0.15, -0.1) is 5.10 Å². The Morgan fingerprint density at radius 2 is 2.08 bits per heavy atom. The number of urea groups is 1. The molecule has 9 heteroatoms. The summed E-state index contributed by atoms with van der Waals surface area (Å²) >= 11 is 0. The van der Waals surface area contributed by atoms with Crippen molar-refractivity contribution >= 4 is 17.7 Å². The molecule has 1 aromatic heterocycles. The number of nitrogens with one attached hydrogen (secondary N) is 1. The largest absolute Gasteiger partial charge is 0.481 e. The summed E-state index contributed by atoms with van der Waals surface area (Å²) < 4.78 is 1.69. The molecule has 9 nitrogen and oxygen atoms in total. The Bertz CT molecular complexity index is 803. The van der Waals surface area contributed by atoms with Crippen LogP contribution >= 0.6 is 0 Å². The molecule has 0 aliphatic carbocycles. The predicted molar refractivity (Wildman–Crippen MR) is 94.6 cm³/mol. The van der Waals surface area contributed by atoms with Crippen molar-refractivity contribution in [3.63, 3.8) is 0 Å². The fourth-order valence-electron chi connectivity index (χ4n) is 3.06. The van der Waals surface area contributed by atoms with E-state index in [1.807, 2.05) is 32.0 Å². The number of likely N-dealkylation sites (tertiary alicyclic amines) is 1. The van der Waals surface area contributed by atoms with E-state index in [0.717, 1.165) is 0 Å². The number of anilines is 1. The van der Waals surface area contributed by atoms with Gasteiger partial charge in [0, 0.05) is 18.7 Å². The molecule has 1 aliphatic heterocycles. The van der Waals surface area contributed by atoms with Gasteiger partial charge >= 0.3 is 12.0 Å². The summed E-state index contributed by atoms with van der Waals surface area (Å²) in [4.78, 5) is 25.4. The number of carbonyl (C=O) groups excluding carboxylic acids is 1. The summed E-state index contributed by atoms with van der Waals surface area (Å²) in [5, 5.41) is 23.9. The Kier molecular flexibility index (Phi) is 5.15. The van der Waals surface area contributed by atoms with Crippen molar-refractivity contribution in [3.05, 3.63) is 24.3 Å². The van der Waals surface area contributed by atoms with Gasteiger partial charge in [-0.1, -0.05) is 12.1 Å². The van der Waals surface area contributed by atoms with Crippen molar-refractivity contribution in [2.75, 3.05) is 18.4 Å². The second kappa shape index (κ2) is 7.51. The van der Waals surface area contributed by atoms with E-state index in [1.165, 1.54) is 0 Å². The van der Waals surface area contributed by atoms with E-state index in [4.69, 9.17) is 0 Å². The van der Waals surface area contributed by atoms with E-state index in [-0.39, 0.29) is 18.6 Å². The number of aromatic nitrogens is 4. The lowest BCUT2D eigenvalue weighted by atomic mass is 9.99. The van der Waals surface area contributed by atoms with E-state index in [2.05, 4.69) is 20.8 Å². The molecule has 1 aliphatic rings. The van der Waals surface area contributed by atoms with Crippen molar-refractivity contribution < 1.29 is 14.7 Å². The number of hydrogen-bond donors (Lipinski definition) is 2. The Balaban J connectivity index is 1.81. The molecule has 1 aromatic carbocycles. The van der Waals surface area contributed by atoms with Gasteiger partial charge in [0.2, 0.25) is 0 Å². The third-order valence-electron chi connectivity index (χ3n) is 4.45. The number of amides is 2. The quantitative estimate of drug-likeness (QED) is 0.866. The minimum Gasteiger partial charge on any atom is -0.481 e. The Hall–Kier alpha value is -2.97. The molecule has 1 unspecified atom stereocenters. The topological polar surface area (TPSA) is 113 Å². The monoisotopic (exact) mass is 358 g/mol. The fourth-order valence-corrected chi connectivity index (χ4v) is 3.06. The number of piperidine rings is 1. The highest BCUT2D eigenvalue weighted by Gasteiger charge is 2.28. The molecule has 1 atom stereocenters. The smallest absolute Gasteiger partial charge is 0.321 e. The van der Waals surface area contributed by atoms with Crippen LogP contribution in [0.2, 0.25) is 0 Å². The number of rotatable bonds is 4. The maximum atomic E-state index is 12.6. The van der Waals surface area contributed by atoms with Crippen molar-refractivity contribution in [2.45, 2.75) is 32.7 Å². The standard InChI is InChI=1S/C17H22N6O3/c1-11(2)23-15(19-20-21-23)13-7-3-4-8-14(13)18-17(26)22-9-5-6-12(10-22)16(24)25/h3-4,7-8,11-12H,5-6,9-10H2,1-2H3,(H,18,26)(H,24,25). The number of carbonyl (C=O) groups is 2. The van der Waals surface area contributed by atoms with Crippen molar-refractivity contribution in [1.29, 1.82) is 0 Å². The van der Waals surface area contributed by atoms with E-state index in [9.17, 15) is 14.7 Å². The second-order valence-electron chi connectivity index (χ2n) is 6.64. The molecule has 2 amide bonds. The molecular formula is C17H22N6O3. The van der Waals surface area contributed by atoms with E-state index >= 15 is 0 Å². The van der Waals surface area contributed by atoms with Gasteiger partial charge in [-0.3, -0.25) is 4.79 Å². The zero-order valence-corrected chi connectivity index (χ0v) is 14.8. The predicted octanol–water partition coefficient (Wildman–Crippen LogP) is 2.25. The Morgan fingerprint density at radius 1 is 1.31 bits per heavy atom. The van der Waals surface area contributed by atoms with Gasteiger partial charge < -0.3 is 15.3 Å². The average molecular weight is 358 g/mol. The van der Waals surface area contributed by atoms with Crippen LogP contribution in [0, 0.1) is 5.92 Å². The number of hydrogen-bond acceptors (Lipinski definition) is 5. The van der Waals surface area contributed by atoms with Gasteiger partial charge in [-0.2, -0.15) is 0 Å². The minimum absolute atomic E-state index is 0.0715. The highest BCUT2D eigenvalue weighted by Crippen LogP contribution is 2.28. The third kappa shape index (κ3) is 3.66. The number of carboxylic acid groups (broad SMARTS) is 1. The number of benzene rings is 1. The first-order valence-corrected chi connectivity index (χ1v) is 8.63. The maximum Gasteiger partial charge on any atom is 0.321 e. The van der Waals surface area contributed by atoms with Gasteiger partial charge in [-0.05, 0) is 49.2 Å². The highest BCUT2D eigenvalue weighted by atomic mass is 16.4. The van der Waals surface area contributed by atoms with Gasteiger partial charge in [0.1, 0.15) is 0 Å². The minimum atomic E-state index is -0.862. The van der Waals surface area contributed by atoms with Gasteiger partial charge in [0.25, 0.3) is 0 Å². The summed E-state index contributed by atoms with van der Waals surface area (Å²) in [5.41, 5.74) is 1.30. The number of para-hydroxylation sites is 1. The van der Waals surface area contributed by atoms with Crippen LogP contribution in [0.25, 0.3) is 11.4 Å². The Labute approximate surface area is 151 Å². The van der Waals surface area contributed by atoms with Crippen LogP contribution in [0.3, 0.4) is 0 Å². The molecule has 26 heavy (non-hydrogen) atoms. The van der Waals surface area contributed by atoms with Crippen LogP contribution in [0.5, 0.6) is 0 Å². The van der Waals surface area contributed by atoms with E-state index in [0.29, 0.717) is 36.5 Å². The first kappa shape index (κ1) is 17.8. The van der Waals surface area contributed by atoms with Gasteiger partial charge in [-0.25, -0.2) is 9.48 Å². The summed E-state index contributed by atoms with van der Waals surface area (Å²) in [6.07, 6.45) is 1.27. The molecule has 138 valence electrons. The lowest BCUT2D eigenvalue weighted by Crippen LogP contribution is -2.44. The second-order valence-corrected chi connectivity index (χ2v) is 6.64. The zero-order chi connectivity index (χ0) is 18.7. The molecule has 2 N–H and O–H groups in total. The highest BCUT2D eigenvalue weighted by molar-refractivity contribution is 5.94. The molecular weight excluding hydrogens is 336 g/mol. The van der Waals surface area contributed by atoms with Crippen molar-refractivity contribution in [3.8, 4) is 11.4 Å². The molecule has 0 radical (unpaired) electrons. The summed E-state index contributed by atoms with van der Waals surface area (Å²) in [6, 6.07) is 7.06. The first-order valence-electron chi connectivity index (χ1n) is 8.63. The maximum absolute atomic E-state index is 12.6. The zero-order valence-electron chi connectivity index (χ0n) is 14.8. The lowest BCUT2D eigenvalue weighted by molar-refractivity contribution is -0.143. The van der Waals surface area contributed by atoms with Gasteiger partial charge in [0.15, 0.2) is 5.82 Å². The van der Waals surface area contributed by atoms with Crippen LogP contribution in [-0.2, 0) is 4.79 Å². The number of nitrogens with zero attached hydrogens (tertiary/aromatic N) is 5. The fraction of sp³-hybridized carbons (Fsp3) is 0.471. The van der Waals surface area contributed by atoms with Crippen LogP contribution in [0.1, 0.15) is 32.7 Å². The lowest BCUT2D eigenvalue weighted by Gasteiger charge is -2.30. The molecule has 0 saturated carbocycles. The first-order chi connectivity index (χ1) is 12.5. The van der Waals surface area contributed by atoms with E-state index < -0.39 is 11.9 Å². The molecule has 2 aromatic rings. The number of tetrazole rings is 1. The average Bonchev–Trinajstić information content (AvgIpc) is 3.12. The third-order valence-corrected chi connectivity index (χ3v) is 4.45. The molecule has 1 fully saturated rings. The Morgan fingerprint density at radius 3 is 2.81 bits per heavy atom.